The number of phenols is 1. The molecule has 0 saturated carbocycles. The molecule has 5 N–H and O–H groups in total. The summed E-state index contributed by atoms with van der Waals surface area (Å²) in [6, 6.07) is 16.7. The fourth-order valence-corrected chi connectivity index (χ4v) is 4.25. The van der Waals surface area contributed by atoms with Gasteiger partial charge < -0.3 is 39.8 Å². The number of ether oxygens (including phenoxy) is 5. The number of phenolic OH excluding ortho intramolecular Hbond substituents is 1. The molecule has 0 aliphatic carbocycles. The minimum absolute atomic E-state index is 0.109. The molecule has 0 radical (unpaired) electrons. The zero-order valence-electron chi connectivity index (χ0n) is 22.8. The molecule has 0 spiro atoms. The Morgan fingerprint density at radius 2 is 1.88 bits per heavy atom. The fraction of sp³-hybridized carbons (Fsp3) is 0.267. The number of aromatic hydroxyl groups is 1. The third-order valence-corrected chi connectivity index (χ3v) is 6.21. The van der Waals surface area contributed by atoms with Gasteiger partial charge in [-0.25, -0.2) is 4.79 Å². The van der Waals surface area contributed by atoms with Gasteiger partial charge >= 0.3 is 6.09 Å². The van der Waals surface area contributed by atoms with Crippen molar-refractivity contribution in [2.75, 3.05) is 36.9 Å². The summed E-state index contributed by atoms with van der Waals surface area (Å²) in [6.07, 6.45) is 1.73. The number of carbonyl (C=O) groups excluding carboxylic acids is 2. The lowest BCUT2D eigenvalue weighted by atomic mass is 9.99. The van der Waals surface area contributed by atoms with Gasteiger partial charge in [0.25, 0.3) is 0 Å². The third-order valence-electron chi connectivity index (χ3n) is 6.21. The number of nitrogens with one attached hydrogen (secondary N) is 2. The van der Waals surface area contributed by atoms with E-state index in [1.54, 1.807) is 60.7 Å². The van der Waals surface area contributed by atoms with Crippen LogP contribution in [0.3, 0.4) is 0 Å². The lowest BCUT2D eigenvalue weighted by Gasteiger charge is -2.27. The van der Waals surface area contributed by atoms with Crippen LogP contribution in [0, 0.1) is 0 Å². The van der Waals surface area contributed by atoms with Crippen LogP contribution in [0.4, 0.5) is 21.9 Å². The van der Waals surface area contributed by atoms with Crippen LogP contribution < -0.4 is 30.6 Å². The van der Waals surface area contributed by atoms with Crippen molar-refractivity contribution in [3.63, 3.8) is 0 Å². The number of rotatable bonds is 12. The van der Waals surface area contributed by atoms with Gasteiger partial charge in [0.1, 0.15) is 0 Å². The highest BCUT2D eigenvalue weighted by atomic mass is 16.7. The van der Waals surface area contributed by atoms with Gasteiger partial charge in [-0.05, 0) is 67.8 Å². The monoisotopic (exact) mass is 563 g/mol. The number of anilines is 3. The molecular weight excluding hydrogens is 530 g/mol. The molecule has 0 aromatic heterocycles. The Kier molecular flexibility index (Phi) is 9.89. The van der Waals surface area contributed by atoms with Crippen LogP contribution in [0.1, 0.15) is 31.4 Å². The highest BCUT2D eigenvalue weighted by Crippen LogP contribution is 2.36. The van der Waals surface area contributed by atoms with Crippen molar-refractivity contribution in [3.8, 4) is 23.0 Å². The van der Waals surface area contributed by atoms with E-state index >= 15 is 0 Å². The largest absolute Gasteiger partial charge is 0.504 e. The molecule has 0 saturated heterocycles. The molecule has 2 atom stereocenters. The average molecular weight is 564 g/mol. The molecule has 0 unspecified atom stereocenters. The number of nitrogen functional groups attached to an aromatic ring is 1. The summed E-state index contributed by atoms with van der Waals surface area (Å²) in [7, 11) is 1.44. The first-order valence-corrected chi connectivity index (χ1v) is 13.1. The first-order valence-electron chi connectivity index (χ1n) is 13.1. The van der Waals surface area contributed by atoms with E-state index in [2.05, 4.69) is 10.6 Å². The van der Waals surface area contributed by atoms with Crippen molar-refractivity contribution < 1.29 is 38.4 Å². The normalized spacial score (nSPS) is 13.4. The van der Waals surface area contributed by atoms with Crippen LogP contribution in [-0.2, 0) is 14.3 Å². The maximum absolute atomic E-state index is 13.0. The second-order valence-corrected chi connectivity index (χ2v) is 9.00. The Bertz CT molecular complexity index is 1390. The first-order chi connectivity index (χ1) is 19.9. The van der Waals surface area contributed by atoms with Crippen LogP contribution >= 0.6 is 0 Å². The summed E-state index contributed by atoms with van der Waals surface area (Å²) >= 11 is 0. The van der Waals surface area contributed by atoms with Crippen molar-refractivity contribution in [1.29, 1.82) is 0 Å². The number of fused-ring (bicyclic) bond motifs is 1. The zero-order chi connectivity index (χ0) is 29.2. The lowest BCUT2D eigenvalue weighted by Crippen LogP contribution is -2.29. The fourth-order valence-electron chi connectivity index (χ4n) is 4.25. The molecule has 216 valence electrons. The van der Waals surface area contributed by atoms with Gasteiger partial charge in [0.05, 0.1) is 24.6 Å². The summed E-state index contributed by atoms with van der Waals surface area (Å²) in [5.41, 5.74) is 7.83. The van der Waals surface area contributed by atoms with E-state index in [4.69, 9.17) is 29.4 Å². The molecule has 0 bridgehead atoms. The van der Waals surface area contributed by atoms with E-state index in [1.807, 2.05) is 6.92 Å². The highest BCUT2D eigenvalue weighted by Gasteiger charge is 2.29. The Labute approximate surface area is 237 Å². The predicted octanol–water partition coefficient (Wildman–Crippen LogP) is 5.38. The smallest absolute Gasteiger partial charge is 0.412 e. The Morgan fingerprint density at radius 1 is 1.07 bits per heavy atom. The summed E-state index contributed by atoms with van der Waals surface area (Å²) in [5, 5.41) is 15.9. The zero-order valence-corrected chi connectivity index (χ0v) is 22.8. The molecule has 3 aromatic carbocycles. The summed E-state index contributed by atoms with van der Waals surface area (Å²) in [5.74, 6) is 0.935. The maximum atomic E-state index is 13.0. The Hall–Kier alpha value is -4.90. The molecule has 0 fully saturated rings. The molecule has 11 heteroatoms. The van der Waals surface area contributed by atoms with E-state index in [9.17, 15) is 14.7 Å². The number of para-hydroxylation sites is 2. The maximum Gasteiger partial charge on any atom is 0.412 e. The number of nitrogens with two attached hydrogens (primary N) is 1. The lowest BCUT2D eigenvalue weighted by molar-refractivity contribution is -0.111. The van der Waals surface area contributed by atoms with Gasteiger partial charge in [0.15, 0.2) is 29.1 Å². The van der Waals surface area contributed by atoms with E-state index in [0.717, 1.165) is 0 Å². The van der Waals surface area contributed by atoms with Gasteiger partial charge in [-0.15, -0.1) is 0 Å². The predicted molar refractivity (Wildman–Crippen MR) is 153 cm³/mol. The topological polar surface area (TPSA) is 151 Å². The molecule has 3 aromatic rings. The molecule has 41 heavy (non-hydrogen) atoms. The number of carbonyl (C=O) groups is 2. The number of allylic oxidation sites excluding steroid dienone is 1. The van der Waals surface area contributed by atoms with Crippen LogP contribution in [0.2, 0.25) is 0 Å². The SMILES string of the molecule is CCO[C@@H](CC/C=C/C(=O)Nc1ccccc1N)[C@@H](OC(=O)Nc1ccc2c(c1)OCO2)c1ccc(OC)c(O)c1. The van der Waals surface area contributed by atoms with Gasteiger partial charge in [0.2, 0.25) is 12.7 Å². The molecule has 11 nitrogen and oxygen atoms in total. The third kappa shape index (κ3) is 7.83. The van der Waals surface area contributed by atoms with Gasteiger partial charge in [-0.1, -0.05) is 24.3 Å². The van der Waals surface area contributed by atoms with E-state index in [0.29, 0.717) is 53.6 Å². The Morgan fingerprint density at radius 3 is 2.63 bits per heavy atom. The second kappa shape index (κ2) is 13.9. The van der Waals surface area contributed by atoms with Crippen molar-refractivity contribution in [1.82, 2.24) is 0 Å². The van der Waals surface area contributed by atoms with Gasteiger partial charge in [-0.2, -0.15) is 0 Å². The summed E-state index contributed by atoms with van der Waals surface area (Å²) in [6.45, 7) is 2.28. The number of hydrogen-bond acceptors (Lipinski definition) is 9. The Balaban J connectivity index is 1.47. The van der Waals surface area contributed by atoms with Crippen molar-refractivity contribution in [3.05, 3.63) is 78.4 Å². The minimum atomic E-state index is -0.896. The van der Waals surface area contributed by atoms with Crippen molar-refractivity contribution >= 4 is 29.1 Å². The van der Waals surface area contributed by atoms with Gasteiger partial charge in [0, 0.05) is 18.4 Å². The minimum Gasteiger partial charge on any atom is -0.504 e. The van der Waals surface area contributed by atoms with E-state index in [-0.39, 0.29) is 24.2 Å². The summed E-state index contributed by atoms with van der Waals surface area (Å²) in [4.78, 5) is 25.4. The molecule has 2 amide bonds. The average Bonchev–Trinajstić information content (AvgIpc) is 3.43. The number of benzene rings is 3. The van der Waals surface area contributed by atoms with Crippen LogP contribution in [-0.4, -0.2) is 43.7 Å². The molecule has 1 aliphatic rings. The second-order valence-electron chi connectivity index (χ2n) is 9.00. The van der Waals surface area contributed by atoms with E-state index < -0.39 is 18.3 Å². The number of hydrogen-bond donors (Lipinski definition) is 4. The van der Waals surface area contributed by atoms with Crippen molar-refractivity contribution in [2.24, 2.45) is 0 Å². The van der Waals surface area contributed by atoms with E-state index in [1.165, 1.54) is 19.3 Å². The standard InChI is InChI=1S/C30H33N3O8/c1-3-38-26(10-6-7-11-28(35)33-22-9-5-4-8-21(22)31)29(19-12-14-24(37-2)23(34)16-19)41-30(36)32-20-13-15-25-27(17-20)40-18-39-25/h4-5,7-9,11-17,26,29,34H,3,6,10,18,31H2,1-2H3,(H,32,36)(H,33,35)/b11-7+/t26-,29-/m0/s1. The van der Waals surface area contributed by atoms with Crippen molar-refractivity contribution in [2.45, 2.75) is 32.0 Å². The van der Waals surface area contributed by atoms with Gasteiger partial charge in [-0.3, -0.25) is 10.1 Å². The molecule has 4 rings (SSSR count). The number of amides is 2. The first kappa shape index (κ1) is 29.1. The van der Waals surface area contributed by atoms with Crippen LogP contribution in [0.25, 0.3) is 0 Å². The quantitative estimate of drug-likeness (QED) is 0.168. The number of methoxy groups -OCH3 is 1. The van der Waals surface area contributed by atoms with Crippen LogP contribution in [0.15, 0.2) is 72.8 Å². The highest BCUT2D eigenvalue weighted by molar-refractivity contribution is 6.01. The molecule has 1 aliphatic heterocycles. The van der Waals surface area contributed by atoms with Crippen LogP contribution in [0.5, 0.6) is 23.0 Å². The summed E-state index contributed by atoms with van der Waals surface area (Å²) < 4.78 is 27.7. The molecule has 1 heterocycles. The molecular formula is C30H33N3O8.